The molecule has 2 aromatic heterocycles. The zero-order chi connectivity index (χ0) is 23.2. The summed E-state index contributed by atoms with van der Waals surface area (Å²) in [4.78, 5) is 37.6. The molecule has 0 aliphatic heterocycles. The molecular formula is C30H20N2O2. The normalized spacial score (nSPS) is 21.6. The number of nitrogens with zero attached hydrogens (tertiary/aromatic N) is 2. The van der Waals surface area contributed by atoms with Crippen molar-refractivity contribution < 1.29 is 9.59 Å². The minimum Gasteiger partial charge on any atom is -0.293 e. The Hall–Kier alpha value is -4.18. The third-order valence-electron chi connectivity index (χ3n) is 7.62. The van der Waals surface area contributed by atoms with Crippen molar-refractivity contribution in [2.24, 2.45) is 0 Å². The second-order valence-corrected chi connectivity index (χ2v) is 9.46. The smallest absolute Gasteiger partial charge is 0.191 e. The van der Waals surface area contributed by atoms with Crippen LogP contribution in [-0.4, -0.2) is 21.5 Å². The van der Waals surface area contributed by atoms with Crippen LogP contribution in [0.5, 0.6) is 0 Å². The SMILES string of the molecule is Cc1ccc2c(c1)C(=O)C1=C2c2cccnc2C2C(=O)c3cc(C)ccc3C12c1cccnc1. The van der Waals surface area contributed by atoms with Crippen molar-refractivity contribution in [3.8, 4) is 0 Å². The number of benzene rings is 2. The molecule has 0 amide bonds. The number of hydrogen-bond donors (Lipinski definition) is 0. The van der Waals surface area contributed by atoms with Gasteiger partial charge in [-0.1, -0.05) is 47.5 Å². The van der Waals surface area contributed by atoms with E-state index in [0.717, 1.165) is 44.6 Å². The zero-order valence-electron chi connectivity index (χ0n) is 18.8. The summed E-state index contributed by atoms with van der Waals surface area (Å²) in [5.41, 5.74) is 8.21. The monoisotopic (exact) mass is 440 g/mol. The predicted molar refractivity (Wildman–Crippen MR) is 129 cm³/mol. The number of carbonyl (C=O) groups excluding carboxylic acids is 2. The van der Waals surface area contributed by atoms with Crippen LogP contribution in [0.15, 0.2) is 84.8 Å². The van der Waals surface area contributed by atoms with Crippen molar-refractivity contribution in [1.29, 1.82) is 0 Å². The third-order valence-corrected chi connectivity index (χ3v) is 7.62. The Kier molecular flexibility index (Phi) is 3.66. The van der Waals surface area contributed by atoms with Gasteiger partial charge in [-0.3, -0.25) is 19.6 Å². The van der Waals surface area contributed by atoms with Crippen LogP contribution in [0.25, 0.3) is 5.57 Å². The summed E-state index contributed by atoms with van der Waals surface area (Å²) in [6.45, 7) is 3.99. The van der Waals surface area contributed by atoms with E-state index in [1.165, 1.54) is 0 Å². The molecule has 2 heterocycles. The van der Waals surface area contributed by atoms with Crippen LogP contribution in [0.1, 0.15) is 65.7 Å². The average Bonchev–Trinajstić information content (AvgIpc) is 3.29. The highest BCUT2D eigenvalue weighted by molar-refractivity contribution is 6.28. The number of aryl methyl sites for hydroxylation is 2. The van der Waals surface area contributed by atoms with Gasteiger partial charge in [-0.25, -0.2) is 0 Å². The van der Waals surface area contributed by atoms with Crippen molar-refractivity contribution in [3.63, 3.8) is 0 Å². The van der Waals surface area contributed by atoms with Gasteiger partial charge < -0.3 is 0 Å². The number of allylic oxidation sites excluding steroid dienone is 1. The quantitative estimate of drug-likeness (QED) is 0.399. The molecule has 0 N–H and O–H groups in total. The minimum atomic E-state index is -0.977. The van der Waals surface area contributed by atoms with Gasteiger partial charge >= 0.3 is 0 Å². The molecule has 0 spiro atoms. The van der Waals surface area contributed by atoms with E-state index in [4.69, 9.17) is 4.98 Å². The van der Waals surface area contributed by atoms with Gasteiger partial charge in [-0.05, 0) is 60.4 Å². The topological polar surface area (TPSA) is 59.9 Å². The lowest BCUT2D eigenvalue weighted by Crippen LogP contribution is -2.41. The first-order valence-electron chi connectivity index (χ1n) is 11.4. The van der Waals surface area contributed by atoms with E-state index in [-0.39, 0.29) is 11.6 Å². The summed E-state index contributed by atoms with van der Waals surface area (Å²) in [7, 11) is 0. The maximum atomic E-state index is 14.3. The largest absolute Gasteiger partial charge is 0.293 e. The molecule has 2 atom stereocenters. The number of hydrogen-bond acceptors (Lipinski definition) is 4. The van der Waals surface area contributed by atoms with Crippen LogP contribution in [0.2, 0.25) is 0 Å². The Bertz CT molecular complexity index is 1620. The molecule has 3 aliphatic carbocycles. The first-order valence-corrected chi connectivity index (χ1v) is 11.4. The summed E-state index contributed by atoms with van der Waals surface area (Å²) in [6.07, 6.45) is 5.27. The highest BCUT2D eigenvalue weighted by atomic mass is 16.1. The van der Waals surface area contributed by atoms with Crippen molar-refractivity contribution in [1.82, 2.24) is 9.97 Å². The summed E-state index contributed by atoms with van der Waals surface area (Å²) >= 11 is 0. The molecule has 0 bridgehead atoms. The molecule has 34 heavy (non-hydrogen) atoms. The maximum absolute atomic E-state index is 14.3. The van der Waals surface area contributed by atoms with E-state index >= 15 is 0 Å². The molecule has 2 aromatic carbocycles. The summed E-state index contributed by atoms with van der Waals surface area (Å²) in [6, 6.07) is 19.8. The molecule has 0 saturated carbocycles. The zero-order valence-corrected chi connectivity index (χ0v) is 18.8. The van der Waals surface area contributed by atoms with E-state index in [2.05, 4.69) is 4.98 Å². The maximum Gasteiger partial charge on any atom is 0.191 e. The van der Waals surface area contributed by atoms with Crippen molar-refractivity contribution in [2.45, 2.75) is 25.2 Å². The average molecular weight is 441 g/mol. The van der Waals surface area contributed by atoms with Gasteiger partial charge in [-0.2, -0.15) is 0 Å². The fourth-order valence-electron chi connectivity index (χ4n) is 6.35. The van der Waals surface area contributed by atoms with Crippen LogP contribution in [0, 0.1) is 13.8 Å². The van der Waals surface area contributed by atoms with Crippen molar-refractivity contribution in [2.75, 3.05) is 0 Å². The molecule has 7 rings (SSSR count). The number of carbonyl (C=O) groups is 2. The fourth-order valence-corrected chi connectivity index (χ4v) is 6.35. The molecule has 4 heteroatoms. The Labute approximate surface area is 197 Å². The van der Waals surface area contributed by atoms with Gasteiger partial charge in [0.2, 0.25) is 0 Å². The second-order valence-electron chi connectivity index (χ2n) is 9.46. The Balaban J connectivity index is 1.71. The lowest BCUT2D eigenvalue weighted by Gasteiger charge is -2.41. The van der Waals surface area contributed by atoms with Crippen LogP contribution < -0.4 is 0 Å². The van der Waals surface area contributed by atoms with Gasteiger partial charge in [-0.15, -0.1) is 0 Å². The van der Waals surface area contributed by atoms with Crippen LogP contribution in [0.4, 0.5) is 0 Å². The lowest BCUT2D eigenvalue weighted by molar-refractivity contribution is 0.0947. The molecule has 4 nitrogen and oxygen atoms in total. The minimum absolute atomic E-state index is 0.00832. The van der Waals surface area contributed by atoms with Gasteiger partial charge in [0.1, 0.15) is 0 Å². The number of fused-ring (bicyclic) bond motifs is 9. The van der Waals surface area contributed by atoms with E-state index < -0.39 is 11.3 Å². The van der Waals surface area contributed by atoms with Crippen LogP contribution in [-0.2, 0) is 5.41 Å². The molecule has 3 aliphatic rings. The van der Waals surface area contributed by atoms with E-state index in [0.29, 0.717) is 16.7 Å². The van der Waals surface area contributed by atoms with Gasteiger partial charge in [0, 0.05) is 40.9 Å². The van der Waals surface area contributed by atoms with Crippen LogP contribution in [0.3, 0.4) is 0 Å². The predicted octanol–water partition coefficient (Wildman–Crippen LogP) is 5.37. The number of ketones is 2. The molecule has 0 radical (unpaired) electrons. The van der Waals surface area contributed by atoms with Crippen molar-refractivity contribution in [3.05, 3.63) is 135 Å². The number of pyridine rings is 2. The van der Waals surface area contributed by atoms with Gasteiger partial charge in [0.05, 0.1) is 17.0 Å². The molecular weight excluding hydrogens is 420 g/mol. The van der Waals surface area contributed by atoms with Crippen LogP contribution >= 0.6 is 0 Å². The standard InChI is InChI=1S/C30H20N2O2/c1-16-7-9-19-21(13-16)28(33)25-24(19)20-6-4-12-32-27(20)26-29(34)22-14-17(2)8-10-23(22)30(25,26)18-5-3-11-31-15-18/h3-15,26H,1-2H3. The highest BCUT2D eigenvalue weighted by Crippen LogP contribution is 2.64. The number of Topliss-reactive ketones (excluding diaryl/α,β-unsaturated/α-hetero) is 2. The molecule has 162 valence electrons. The third kappa shape index (κ3) is 2.13. The summed E-state index contributed by atoms with van der Waals surface area (Å²) in [5, 5.41) is 0. The summed E-state index contributed by atoms with van der Waals surface area (Å²) < 4.78 is 0. The molecule has 4 aromatic rings. The first-order chi connectivity index (χ1) is 16.5. The Morgan fingerprint density at radius 1 is 0.794 bits per heavy atom. The number of rotatable bonds is 1. The second kappa shape index (κ2) is 6.45. The van der Waals surface area contributed by atoms with E-state index in [1.807, 2.05) is 74.5 Å². The van der Waals surface area contributed by atoms with Gasteiger partial charge in [0.25, 0.3) is 0 Å². The number of aromatic nitrogens is 2. The molecule has 0 fully saturated rings. The van der Waals surface area contributed by atoms with E-state index in [1.54, 1.807) is 18.6 Å². The van der Waals surface area contributed by atoms with Crippen molar-refractivity contribution >= 4 is 17.1 Å². The van der Waals surface area contributed by atoms with Gasteiger partial charge in [0.15, 0.2) is 11.6 Å². The summed E-state index contributed by atoms with van der Waals surface area (Å²) in [5.74, 6) is -0.630. The Morgan fingerprint density at radius 2 is 1.56 bits per heavy atom. The van der Waals surface area contributed by atoms with E-state index in [9.17, 15) is 9.59 Å². The molecule has 0 saturated heterocycles. The fraction of sp³-hybridized carbons (Fsp3) is 0.133. The highest BCUT2D eigenvalue weighted by Gasteiger charge is 2.63. The first kappa shape index (κ1) is 19.3. The molecule has 2 unspecified atom stereocenters. The Morgan fingerprint density at radius 3 is 2.35 bits per heavy atom. The lowest BCUT2D eigenvalue weighted by atomic mass is 9.59.